The van der Waals surface area contributed by atoms with Crippen molar-refractivity contribution in [3.05, 3.63) is 29.8 Å². The molecule has 1 aliphatic rings. The van der Waals surface area contributed by atoms with E-state index in [-0.39, 0.29) is 18.6 Å². The highest BCUT2D eigenvalue weighted by atomic mass is 16.5. The first kappa shape index (κ1) is 17.6. The van der Waals surface area contributed by atoms with Crippen molar-refractivity contribution in [3.8, 4) is 5.75 Å². The van der Waals surface area contributed by atoms with Crippen molar-refractivity contribution < 1.29 is 14.6 Å². The molecule has 0 radical (unpaired) electrons. The summed E-state index contributed by atoms with van der Waals surface area (Å²) >= 11 is 0. The highest BCUT2D eigenvalue weighted by Crippen LogP contribution is 2.21. The van der Waals surface area contributed by atoms with E-state index in [1.807, 2.05) is 17.0 Å². The number of carbonyl (C=O) groups is 1. The van der Waals surface area contributed by atoms with Crippen LogP contribution in [0.15, 0.2) is 24.3 Å². The van der Waals surface area contributed by atoms with E-state index in [0.29, 0.717) is 19.0 Å². The van der Waals surface area contributed by atoms with Crippen molar-refractivity contribution in [2.24, 2.45) is 5.92 Å². The zero-order valence-electron chi connectivity index (χ0n) is 14.1. The van der Waals surface area contributed by atoms with Crippen molar-refractivity contribution >= 4 is 6.03 Å². The smallest absolute Gasteiger partial charge is 0.317 e. The Bertz CT molecular complexity index is 490. The maximum atomic E-state index is 12.2. The van der Waals surface area contributed by atoms with Crippen LogP contribution in [0.2, 0.25) is 0 Å². The summed E-state index contributed by atoms with van der Waals surface area (Å²) in [5, 5.41) is 12.2. The number of nitrogens with zero attached hydrogens (tertiary/aromatic N) is 1. The number of rotatable bonds is 6. The number of amides is 2. The van der Waals surface area contributed by atoms with Gasteiger partial charge in [-0.15, -0.1) is 0 Å². The van der Waals surface area contributed by atoms with E-state index in [4.69, 9.17) is 4.74 Å². The fourth-order valence-corrected chi connectivity index (χ4v) is 3.01. The van der Waals surface area contributed by atoms with Crippen LogP contribution < -0.4 is 10.1 Å². The first-order valence-corrected chi connectivity index (χ1v) is 8.41. The van der Waals surface area contributed by atoms with Crippen LogP contribution in [0.3, 0.4) is 0 Å². The van der Waals surface area contributed by atoms with Gasteiger partial charge in [-0.1, -0.05) is 19.1 Å². The minimum Gasteiger partial charge on any atom is -0.497 e. The number of hydrogen-bond donors (Lipinski definition) is 2. The number of nitrogens with one attached hydrogen (secondary N) is 1. The number of piperidine rings is 1. The van der Waals surface area contributed by atoms with Gasteiger partial charge in [0.1, 0.15) is 5.75 Å². The molecule has 23 heavy (non-hydrogen) atoms. The first-order chi connectivity index (χ1) is 11.1. The van der Waals surface area contributed by atoms with Crippen molar-refractivity contribution in [1.82, 2.24) is 10.2 Å². The van der Waals surface area contributed by atoms with Gasteiger partial charge < -0.3 is 20.1 Å². The minimum absolute atomic E-state index is 0.00918. The standard InChI is InChI=1S/C18H28N2O3/c1-14(16-5-7-17(23-2)8-6-16)9-10-19-18(22)20-11-3-4-15(12-20)13-21/h5-8,14-15,21H,3-4,9-13H2,1-2H3,(H,19,22)/t14-,15+/m0/s1. The van der Waals surface area contributed by atoms with Gasteiger partial charge in [-0.05, 0) is 48.8 Å². The molecule has 2 amide bonds. The Morgan fingerprint density at radius 3 is 2.83 bits per heavy atom. The maximum Gasteiger partial charge on any atom is 0.317 e. The third-order valence-corrected chi connectivity index (χ3v) is 4.60. The molecule has 5 heteroatoms. The summed E-state index contributed by atoms with van der Waals surface area (Å²) in [5.74, 6) is 1.47. The van der Waals surface area contributed by atoms with E-state index in [1.54, 1.807) is 7.11 Å². The lowest BCUT2D eigenvalue weighted by Crippen LogP contribution is -2.46. The quantitative estimate of drug-likeness (QED) is 0.847. The fourth-order valence-electron chi connectivity index (χ4n) is 3.01. The van der Waals surface area contributed by atoms with Gasteiger partial charge in [0, 0.05) is 26.2 Å². The largest absolute Gasteiger partial charge is 0.497 e. The molecular weight excluding hydrogens is 292 g/mol. The highest BCUT2D eigenvalue weighted by molar-refractivity contribution is 5.74. The van der Waals surface area contributed by atoms with Crippen molar-refractivity contribution in [1.29, 1.82) is 0 Å². The third kappa shape index (κ3) is 5.13. The number of ether oxygens (including phenoxy) is 1. The van der Waals surface area contributed by atoms with Crippen molar-refractivity contribution in [2.75, 3.05) is 33.4 Å². The molecule has 1 saturated heterocycles. The SMILES string of the molecule is COc1ccc([C@@H](C)CCNC(=O)N2CCC[C@@H](CO)C2)cc1. The molecule has 1 fully saturated rings. The first-order valence-electron chi connectivity index (χ1n) is 8.41. The second-order valence-electron chi connectivity index (χ2n) is 6.33. The maximum absolute atomic E-state index is 12.2. The minimum atomic E-state index is -0.00918. The molecule has 1 aromatic carbocycles. The Morgan fingerprint density at radius 1 is 1.43 bits per heavy atom. The van der Waals surface area contributed by atoms with Gasteiger partial charge in [0.2, 0.25) is 0 Å². The van der Waals surface area contributed by atoms with Crippen LogP contribution in [0.25, 0.3) is 0 Å². The third-order valence-electron chi connectivity index (χ3n) is 4.60. The van der Waals surface area contributed by atoms with Gasteiger partial charge in [-0.25, -0.2) is 4.79 Å². The van der Waals surface area contributed by atoms with Gasteiger partial charge in [0.15, 0.2) is 0 Å². The summed E-state index contributed by atoms with van der Waals surface area (Å²) in [4.78, 5) is 14.0. The normalized spacial score (nSPS) is 19.3. The average molecular weight is 320 g/mol. The van der Waals surface area contributed by atoms with Crippen molar-refractivity contribution in [3.63, 3.8) is 0 Å². The lowest BCUT2D eigenvalue weighted by molar-refractivity contribution is 0.129. The van der Waals surface area contributed by atoms with Crippen LogP contribution >= 0.6 is 0 Å². The van der Waals surface area contributed by atoms with Gasteiger partial charge in [0.25, 0.3) is 0 Å². The number of carbonyl (C=O) groups excluding carboxylic acids is 1. The van der Waals surface area contributed by atoms with Gasteiger partial charge in [-0.3, -0.25) is 0 Å². The Morgan fingerprint density at radius 2 is 2.17 bits per heavy atom. The van der Waals surface area contributed by atoms with Crippen molar-refractivity contribution in [2.45, 2.75) is 32.1 Å². The predicted molar refractivity (Wildman–Crippen MR) is 90.8 cm³/mol. The number of benzene rings is 1. The van der Waals surface area contributed by atoms with Gasteiger partial charge in [-0.2, -0.15) is 0 Å². The van der Waals surface area contributed by atoms with Crippen LogP contribution in [-0.4, -0.2) is 49.4 Å². The Hall–Kier alpha value is -1.75. The monoisotopic (exact) mass is 320 g/mol. The lowest BCUT2D eigenvalue weighted by Gasteiger charge is -2.32. The molecule has 1 aromatic rings. The Kier molecular flexibility index (Phi) is 6.71. The number of hydrogen-bond acceptors (Lipinski definition) is 3. The second-order valence-corrected chi connectivity index (χ2v) is 6.33. The molecule has 0 aromatic heterocycles. The van der Waals surface area contributed by atoms with Gasteiger partial charge in [0.05, 0.1) is 7.11 Å². The van der Waals surface area contributed by atoms with Gasteiger partial charge >= 0.3 is 6.03 Å². The Balaban J connectivity index is 1.73. The highest BCUT2D eigenvalue weighted by Gasteiger charge is 2.22. The van der Waals surface area contributed by atoms with E-state index in [0.717, 1.165) is 31.6 Å². The summed E-state index contributed by atoms with van der Waals surface area (Å²) in [6.07, 6.45) is 2.88. The zero-order chi connectivity index (χ0) is 16.7. The van der Waals surface area contributed by atoms with Crippen LogP contribution in [0.4, 0.5) is 4.79 Å². The summed E-state index contributed by atoms with van der Waals surface area (Å²) in [7, 11) is 1.66. The van der Waals surface area contributed by atoms with Crippen LogP contribution in [-0.2, 0) is 0 Å². The van der Waals surface area contributed by atoms with E-state index >= 15 is 0 Å². The summed E-state index contributed by atoms with van der Waals surface area (Å²) in [6, 6.07) is 8.06. The molecule has 1 aliphatic heterocycles. The van der Waals surface area contributed by atoms with E-state index in [2.05, 4.69) is 24.4 Å². The summed E-state index contributed by atoms with van der Waals surface area (Å²) < 4.78 is 5.17. The molecule has 2 atom stereocenters. The fraction of sp³-hybridized carbons (Fsp3) is 0.611. The molecule has 2 rings (SSSR count). The molecule has 0 bridgehead atoms. The predicted octanol–water partition coefficient (Wildman–Crippen LogP) is 2.60. The molecule has 0 spiro atoms. The van der Waals surface area contributed by atoms with E-state index in [9.17, 15) is 9.90 Å². The molecule has 1 heterocycles. The van der Waals surface area contributed by atoms with E-state index in [1.165, 1.54) is 5.56 Å². The average Bonchev–Trinajstić information content (AvgIpc) is 2.61. The lowest BCUT2D eigenvalue weighted by atomic mass is 9.98. The summed E-state index contributed by atoms with van der Waals surface area (Å²) in [6.45, 7) is 4.44. The molecule has 5 nitrogen and oxygen atoms in total. The number of urea groups is 1. The molecule has 0 unspecified atom stereocenters. The molecule has 0 saturated carbocycles. The summed E-state index contributed by atoms with van der Waals surface area (Å²) in [5.41, 5.74) is 1.25. The number of methoxy groups -OCH3 is 1. The molecular formula is C18H28N2O3. The van der Waals surface area contributed by atoms with Crippen LogP contribution in [0, 0.1) is 5.92 Å². The van der Waals surface area contributed by atoms with Crippen LogP contribution in [0.5, 0.6) is 5.75 Å². The van der Waals surface area contributed by atoms with E-state index < -0.39 is 0 Å². The molecule has 2 N–H and O–H groups in total. The van der Waals surface area contributed by atoms with Crippen LogP contribution in [0.1, 0.15) is 37.7 Å². The Labute approximate surface area is 138 Å². The number of aliphatic hydroxyl groups is 1. The number of aliphatic hydroxyl groups excluding tert-OH is 1. The molecule has 128 valence electrons. The topological polar surface area (TPSA) is 61.8 Å². The second kappa shape index (κ2) is 8.77. The zero-order valence-corrected chi connectivity index (χ0v) is 14.1. The number of likely N-dealkylation sites (tertiary alicyclic amines) is 1. The molecule has 0 aliphatic carbocycles.